The standard InChI is InChI=1S/C7H12O7/c1-13-7(12)5-3(9)2(8)4(10)6(11)14-5/h2-6,8-11H,1H3/t2-,3-,4-,5+,6-/m1/s1. The van der Waals surface area contributed by atoms with Crippen LogP contribution in [0.2, 0.25) is 0 Å². The number of methoxy groups -OCH3 is 1. The Bertz CT molecular complexity index is 218. The third-order valence-corrected chi connectivity index (χ3v) is 2.02. The quantitative estimate of drug-likeness (QED) is 0.338. The topological polar surface area (TPSA) is 116 Å². The highest BCUT2D eigenvalue weighted by Gasteiger charge is 2.46. The molecule has 1 aliphatic rings. The lowest BCUT2D eigenvalue weighted by molar-refractivity contribution is -0.280. The predicted molar refractivity (Wildman–Crippen MR) is 40.9 cm³/mol. The van der Waals surface area contributed by atoms with Gasteiger partial charge in [0.1, 0.15) is 18.3 Å². The number of aliphatic hydroxyl groups excluding tert-OH is 4. The zero-order valence-electron chi connectivity index (χ0n) is 7.40. The van der Waals surface area contributed by atoms with E-state index in [0.717, 1.165) is 7.11 Å². The van der Waals surface area contributed by atoms with Gasteiger partial charge in [-0.2, -0.15) is 0 Å². The lowest BCUT2D eigenvalue weighted by Crippen LogP contribution is -2.59. The highest BCUT2D eigenvalue weighted by atomic mass is 16.7. The van der Waals surface area contributed by atoms with Crippen LogP contribution >= 0.6 is 0 Å². The monoisotopic (exact) mass is 208 g/mol. The summed E-state index contributed by atoms with van der Waals surface area (Å²) in [7, 11) is 1.07. The first-order chi connectivity index (χ1) is 6.49. The molecule has 7 nitrogen and oxygen atoms in total. The summed E-state index contributed by atoms with van der Waals surface area (Å²) in [4.78, 5) is 11.0. The molecule has 0 spiro atoms. The molecular weight excluding hydrogens is 196 g/mol. The maximum absolute atomic E-state index is 11.0. The number of esters is 1. The van der Waals surface area contributed by atoms with Gasteiger partial charge in [0.15, 0.2) is 12.4 Å². The molecule has 1 heterocycles. The van der Waals surface area contributed by atoms with E-state index >= 15 is 0 Å². The Morgan fingerprint density at radius 3 is 2.21 bits per heavy atom. The van der Waals surface area contributed by atoms with E-state index in [1.807, 2.05) is 0 Å². The van der Waals surface area contributed by atoms with Crippen molar-refractivity contribution in [3.63, 3.8) is 0 Å². The van der Waals surface area contributed by atoms with Gasteiger partial charge in [0, 0.05) is 0 Å². The smallest absolute Gasteiger partial charge is 0.337 e. The van der Waals surface area contributed by atoms with E-state index < -0.39 is 36.7 Å². The van der Waals surface area contributed by atoms with Crippen molar-refractivity contribution >= 4 is 5.97 Å². The zero-order chi connectivity index (χ0) is 10.9. The first-order valence-electron chi connectivity index (χ1n) is 3.94. The Morgan fingerprint density at radius 1 is 1.14 bits per heavy atom. The van der Waals surface area contributed by atoms with Gasteiger partial charge in [-0.15, -0.1) is 0 Å². The van der Waals surface area contributed by atoms with Crippen molar-refractivity contribution in [3.05, 3.63) is 0 Å². The van der Waals surface area contributed by atoms with Crippen molar-refractivity contribution in [2.75, 3.05) is 7.11 Å². The maximum Gasteiger partial charge on any atom is 0.337 e. The summed E-state index contributed by atoms with van der Waals surface area (Å²) in [5.41, 5.74) is 0. The fourth-order valence-corrected chi connectivity index (χ4v) is 1.17. The van der Waals surface area contributed by atoms with Gasteiger partial charge in [0.2, 0.25) is 0 Å². The molecular formula is C7H12O7. The fourth-order valence-electron chi connectivity index (χ4n) is 1.17. The molecule has 0 unspecified atom stereocenters. The van der Waals surface area contributed by atoms with Crippen molar-refractivity contribution in [2.24, 2.45) is 0 Å². The minimum absolute atomic E-state index is 0.928. The Kier molecular flexibility index (Phi) is 3.40. The molecule has 82 valence electrons. The van der Waals surface area contributed by atoms with Crippen LogP contribution in [0.4, 0.5) is 0 Å². The highest BCUT2D eigenvalue weighted by Crippen LogP contribution is 2.20. The Balaban J connectivity index is 2.75. The molecule has 0 aliphatic carbocycles. The molecule has 0 amide bonds. The van der Waals surface area contributed by atoms with Crippen LogP contribution in [-0.4, -0.2) is 64.2 Å². The average Bonchev–Trinajstić information content (AvgIpc) is 2.19. The Labute approximate surface area is 79.5 Å². The molecule has 0 bridgehead atoms. The lowest BCUT2D eigenvalue weighted by atomic mass is 9.99. The molecule has 0 aromatic heterocycles. The van der Waals surface area contributed by atoms with Crippen LogP contribution in [0.15, 0.2) is 0 Å². The number of carbonyl (C=O) groups excluding carboxylic acids is 1. The van der Waals surface area contributed by atoms with Gasteiger partial charge in [0.05, 0.1) is 7.11 Å². The van der Waals surface area contributed by atoms with Gasteiger partial charge in [0.25, 0.3) is 0 Å². The van der Waals surface area contributed by atoms with Crippen molar-refractivity contribution in [2.45, 2.75) is 30.7 Å². The number of carbonyl (C=O) groups is 1. The normalized spacial score (nSPS) is 43.4. The summed E-state index contributed by atoms with van der Waals surface area (Å²) in [6, 6.07) is 0. The zero-order valence-corrected chi connectivity index (χ0v) is 7.40. The predicted octanol–water partition coefficient (Wildman–Crippen LogP) is -3.04. The van der Waals surface area contributed by atoms with E-state index in [2.05, 4.69) is 9.47 Å². The number of ether oxygens (including phenoxy) is 2. The van der Waals surface area contributed by atoms with Crippen LogP contribution in [0.25, 0.3) is 0 Å². The van der Waals surface area contributed by atoms with E-state index in [1.54, 1.807) is 0 Å². The fraction of sp³-hybridized carbons (Fsp3) is 0.857. The van der Waals surface area contributed by atoms with E-state index in [4.69, 9.17) is 10.2 Å². The van der Waals surface area contributed by atoms with Crippen molar-refractivity contribution < 1.29 is 34.7 Å². The van der Waals surface area contributed by atoms with Crippen molar-refractivity contribution in [1.29, 1.82) is 0 Å². The molecule has 0 aromatic carbocycles. The van der Waals surface area contributed by atoms with Crippen LogP contribution in [-0.2, 0) is 14.3 Å². The second-order valence-corrected chi connectivity index (χ2v) is 2.94. The van der Waals surface area contributed by atoms with Crippen LogP contribution in [0, 0.1) is 0 Å². The molecule has 0 aromatic rings. The van der Waals surface area contributed by atoms with E-state index in [9.17, 15) is 15.0 Å². The molecule has 0 radical (unpaired) electrons. The molecule has 1 rings (SSSR count). The summed E-state index contributed by atoms with van der Waals surface area (Å²) >= 11 is 0. The molecule has 0 saturated carbocycles. The molecule has 1 saturated heterocycles. The third-order valence-electron chi connectivity index (χ3n) is 2.02. The molecule has 5 atom stereocenters. The van der Waals surface area contributed by atoms with Crippen LogP contribution in [0.1, 0.15) is 0 Å². The SMILES string of the molecule is COC(=O)[C@H]1O[C@@H](O)[C@H](O)[C@H](O)[C@H]1O. The van der Waals surface area contributed by atoms with Crippen molar-refractivity contribution in [1.82, 2.24) is 0 Å². The molecule has 1 aliphatic heterocycles. The van der Waals surface area contributed by atoms with Crippen LogP contribution < -0.4 is 0 Å². The Hall–Kier alpha value is -0.730. The third kappa shape index (κ3) is 1.86. The minimum Gasteiger partial charge on any atom is -0.467 e. The van der Waals surface area contributed by atoms with E-state index in [-0.39, 0.29) is 0 Å². The summed E-state index contributed by atoms with van der Waals surface area (Å²) in [6.07, 6.45) is -8.14. The van der Waals surface area contributed by atoms with Gasteiger partial charge < -0.3 is 29.9 Å². The average molecular weight is 208 g/mol. The molecule has 1 fully saturated rings. The van der Waals surface area contributed by atoms with Crippen LogP contribution in [0.3, 0.4) is 0 Å². The summed E-state index contributed by atoms with van der Waals surface area (Å²) in [5, 5.41) is 36.5. The largest absolute Gasteiger partial charge is 0.467 e. The van der Waals surface area contributed by atoms with Gasteiger partial charge in [-0.05, 0) is 0 Å². The Morgan fingerprint density at radius 2 is 1.71 bits per heavy atom. The van der Waals surface area contributed by atoms with E-state index in [1.165, 1.54) is 0 Å². The molecule has 14 heavy (non-hydrogen) atoms. The summed E-state index contributed by atoms with van der Waals surface area (Å²) in [6.45, 7) is 0. The highest BCUT2D eigenvalue weighted by molar-refractivity contribution is 5.75. The maximum atomic E-state index is 11.0. The number of hydrogen-bond donors (Lipinski definition) is 4. The number of aliphatic hydroxyl groups is 4. The van der Waals surface area contributed by atoms with Gasteiger partial charge in [-0.1, -0.05) is 0 Å². The number of hydrogen-bond acceptors (Lipinski definition) is 7. The number of rotatable bonds is 1. The molecule has 4 N–H and O–H groups in total. The van der Waals surface area contributed by atoms with Gasteiger partial charge in [-0.3, -0.25) is 0 Å². The van der Waals surface area contributed by atoms with Gasteiger partial charge in [-0.25, -0.2) is 4.79 Å². The molecule has 7 heteroatoms. The first-order valence-corrected chi connectivity index (χ1v) is 3.94. The van der Waals surface area contributed by atoms with Gasteiger partial charge >= 0.3 is 5.97 Å². The first kappa shape index (κ1) is 11.3. The minimum atomic E-state index is -1.72. The van der Waals surface area contributed by atoms with Crippen LogP contribution in [0.5, 0.6) is 0 Å². The second kappa shape index (κ2) is 4.20. The summed E-state index contributed by atoms with van der Waals surface area (Å²) < 4.78 is 8.82. The second-order valence-electron chi connectivity index (χ2n) is 2.94. The van der Waals surface area contributed by atoms with Crippen molar-refractivity contribution in [3.8, 4) is 0 Å². The lowest BCUT2D eigenvalue weighted by Gasteiger charge is -2.36. The summed E-state index contributed by atoms with van der Waals surface area (Å²) in [5.74, 6) is -0.928. The van der Waals surface area contributed by atoms with E-state index in [0.29, 0.717) is 0 Å².